The zero-order valence-corrected chi connectivity index (χ0v) is 5.83. The zero-order valence-electron chi connectivity index (χ0n) is 4.24. The predicted molar refractivity (Wildman–Crippen MR) is 30.8 cm³/mol. The third kappa shape index (κ3) is 1.26. The first kappa shape index (κ1) is 6.21. The normalized spacial score (nSPS) is 9.44. The van der Waals surface area contributed by atoms with Gasteiger partial charge in [-0.1, -0.05) is 4.85 Å². The second-order valence-corrected chi connectivity index (χ2v) is 2.11. The summed E-state index contributed by atoms with van der Waals surface area (Å²) in [6.45, 7) is 0. The van der Waals surface area contributed by atoms with Crippen LogP contribution in [0.2, 0.25) is 0 Å². The Morgan fingerprint density at radius 3 is 2.89 bits per heavy atom. The van der Waals surface area contributed by atoms with Gasteiger partial charge in [-0.3, -0.25) is 5.41 Å². The summed E-state index contributed by atoms with van der Waals surface area (Å²) >= 11 is 2.96. The summed E-state index contributed by atoms with van der Waals surface area (Å²) in [5.74, 6) is 0. The van der Waals surface area contributed by atoms with E-state index in [1.165, 1.54) is 6.20 Å². The van der Waals surface area contributed by atoms with Gasteiger partial charge in [0.2, 0.25) is 0 Å². The third-order valence-electron chi connectivity index (χ3n) is 0.673. The van der Waals surface area contributed by atoms with Crippen molar-refractivity contribution in [2.45, 2.75) is 0 Å². The maximum atomic E-state index is 8.63. The summed E-state index contributed by atoms with van der Waals surface area (Å²) in [5.41, 5.74) is -0.293. The number of halogens is 1. The third-order valence-corrected chi connectivity index (χ3v) is 1.04. The lowest BCUT2D eigenvalue weighted by molar-refractivity contribution is 0.122. The molecule has 0 aliphatic rings. The van der Waals surface area contributed by atoms with Crippen LogP contribution in [-0.4, -0.2) is 20.1 Å². The number of aromatic nitrogens is 3. The minimum Gasteiger partial charge on any atom is -0.409 e. The smallest absolute Gasteiger partial charge is 0.276 e. The van der Waals surface area contributed by atoms with Gasteiger partial charge in [0.25, 0.3) is 5.62 Å². The molecule has 6 heteroatoms. The molecule has 48 valence electrons. The molecule has 2 N–H and O–H groups in total. The lowest BCUT2D eigenvalue weighted by Gasteiger charge is -1.91. The number of hydrogen-bond acceptors (Lipinski definition) is 4. The lowest BCUT2D eigenvalue weighted by Crippen LogP contribution is -2.22. The Morgan fingerprint density at radius 1 is 1.78 bits per heavy atom. The Morgan fingerprint density at radius 2 is 2.44 bits per heavy atom. The first-order valence-electron chi connectivity index (χ1n) is 2.06. The summed E-state index contributed by atoms with van der Waals surface area (Å²) in [5, 5.41) is 18.9. The van der Waals surface area contributed by atoms with Crippen molar-refractivity contribution in [2.24, 2.45) is 0 Å². The van der Waals surface area contributed by atoms with Gasteiger partial charge in [0.1, 0.15) is 4.60 Å². The molecule has 0 aliphatic carbocycles. The van der Waals surface area contributed by atoms with Crippen LogP contribution < -0.4 is 5.62 Å². The Kier molecular flexibility index (Phi) is 1.48. The molecule has 0 aromatic carbocycles. The Bertz CT molecular complexity index is 269. The highest BCUT2D eigenvalue weighted by molar-refractivity contribution is 9.10. The highest BCUT2D eigenvalue weighted by Crippen LogP contribution is 1.96. The molecule has 0 bridgehead atoms. The van der Waals surface area contributed by atoms with Crippen molar-refractivity contribution in [3.05, 3.63) is 16.4 Å². The average molecular weight is 191 g/mol. The molecule has 0 atom stereocenters. The minimum atomic E-state index is -0.293. The van der Waals surface area contributed by atoms with Gasteiger partial charge in [0.05, 0.1) is 6.20 Å². The summed E-state index contributed by atoms with van der Waals surface area (Å²) < 4.78 is 0.390. The van der Waals surface area contributed by atoms with Crippen molar-refractivity contribution < 1.29 is 5.21 Å². The molecule has 0 amide bonds. The molecule has 1 rings (SSSR count). The minimum absolute atomic E-state index is 0.293. The van der Waals surface area contributed by atoms with Crippen LogP contribution in [0.3, 0.4) is 0 Å². The van der Waals surface area contributed by atoms with E-state index in [9.17, 15) is 0 Å². The van der Waals surface area contributed by atoms with Crippen molar-refractivity contribution in [1.82, 2.24) is 14.9 Å². The molecule has 1 heterocycles. The lowest BCUT2D eigenvalue weighted by atomic mass is 10.9. The van der Waals surface area contributed by atoms with Crippen LogP contribution in [0.5, 0.6) is 0 Å². The zero-order chi connectivity index (χ0) is 6.85. The monoisotopic (exact) mass is 190 g/mol. The van der Waals surface area contributed by atoms with E-state index < -0.39 is 0 Å². The molecule has 1 aromatic rings. The van der Waals surface area contributed by atoms with Crippen molar-refractivity contribution in [3.8, 4) is 0 Å². The van der Waals surface area contributed by atoms with Crippen LogP contribution in [0.15, 0.2) is 10.8 Å². The van der Waals surface area contributed by atoms with E-state index in [0.29, 0.717) is 9.45 Å². The highest BCUT2D eigenvalue weighted by Gasteiger charge is 1.90. The van der Waals surface area contributed by atoms with Gasteiger partial charge < -0.3 is 5.21 Å². The fraction of sp³-hybridized carbons (Fsp3) is 0. The van der Waals surface area contributed by atoms with Crippen LogP contribution in [0.4, 0.5) is 0 Å². The second kappa shape index (κ2) is 2.14. The molecule has 0 unspecified atom stereocenters. The molecule has 0 saturated heterocycles. The Labute approximate surface area is 58.6 Å². The van der Waals surface area contributed by atoms with Crippen LogP contribution in [-0.2, 0) is 0 Å². The molecule has 1 aromatic heterocycles. The first-order chi connectivity index (χ1) is 4.20. The van der Waals surface area contributed by atoms with Crippen molar-refractivity contribution >= 4 is 15.9 Å². The van der Waals surface area contributed by atoms with E-state index >= 15 is 0 Å². The average Bonchev–Trinajstić information content (AvgIpc) is 1.80. The molecular formula is C3H3BrN4O. The number of rotatable bonds is 0. The van der Waals surface area contributed by atoms with E-state index in [4.69, 9.17) is 10.6 Å². The molecule has 0 spiro atoms. The maximum Gasteiger partial charge on any atom is 0.276 e. The summed E-state index contributed by atoms with van der Waals surface area (Å²) in [6, 6.07) is 0. The van der Waals surface area contributed by atoms with E-state index in [1.807, 2.05) is 0 Å². The first-order valence-corrected chi connectivity index (χ1v) is 2.85. The fourth-order valence-corrected chi connectivity index (χ4v) is 0.582. The summed E-state index contributed by atoms with van der Waals surface area (Å²) in [4.78, 5) is 3.83. The largest absolute Gasteiger partial charge is 0.409 e. The molecule has 0 aliphatic heterocycles. The van der Waals surface area contributed by atoms with E-state index in [2.05, 4.69) is 26.0 Å². The maximum absolute atomic E-state index is 8.63. The van der Waals surface area contributed by atoms with Gasteiger partial charge in [-0.25, -0.2) is 4.98 Å². The van der Waals surface area contributed by atoms with E-state index in [0.717, 1.165) is 0 Å². The van der Waals surface area contributed by atoms with Crippen LogP contribution >= 0.6 is 15.9 Å². The summed E-state index contributed by atoms with van der Waals surface area (Å²) in [7, 11) is 0. The highest BCUT2D eigenvalue weighted by atomic mass is 79.9. The standard InChI is InChI=1S/C3H3BrN4O/c4-2-1-6-3(5)8(9)7-2/h1,5,9H. The topological polar surface area (TPSA) is 74.8 Å². The van der Waals surface area contributed by atoms with Gasteiger partial charge in [0, 0.05) is 0 Å². The number of nitrogens with zero attached hydrogens (tertiary/aromatic N) is 3. The van der Waals surface area contributed by atoms with Gasteiger partial charge in [-0.2, -0.15) is 0 Å². The predicted octanol–water partition coefficient (Wildman–Crippen LogP) is -0.243. The van der Waals surface area contributed by atoms with E-state index in [-0.39, 0.29) is 5.62 Å². The number of nitrogens with one attached hydrogen (secondary N) is 1. The molecule has 5 nitrogen and oxygen atoms in total. The molecule has 9 heavy (non-hydrogen) atoms. The van der Waals surface area contributed by atoms with Crippen molar-refractivity contribution in [1.29, 1.82) is 5.41 Å². The second-order valence-electron chi connectivity index (χ2n) is 1.29. The SMILES string of the molecule is N=c1ncc(Br)nn1O. The van der Waals surface area contributed by atoms with Gasteiger partial charge in [0.15, 0.2) is 0 Å². The van der Waals surface area contributed by atoms with Crippen molar-refractivity contribution in [3.63, 3.8) is 0 Å². The summed E-state index contributed by atoms with van der Waals surface area (Å²) in [6.07, 6.45) is 1.33. The van der Waals surface area contributed by atoms with Gasteiger partial charge >= 0.3 is 0 Å². The van der Waals surface area contributed by atoms with Crippen LogP contribution in [0.25, 0.3) is 0 Å². The van der Waals surface area contributed by atoms with Crippen LogP contribution in [0.1, 0.15) is 0 Å². The van der Waals surface area contributed by atoms with Crippen molar-refractivity contribution in [2.75, 3.05) is 0 Å². The van der Waals surface area contributed by atoms with Gasteiger partial charge in [-0.05, 0) is 15.9 Å². The molecular weight excluding hydrogens is 188 g/mol. The Hall–Kier alpha value is -0.910. The van der Waals surface area contributed by atoms with E-state index in [1.54, 1.807) is 0 Å². The fourth-order valence-electron chi connectivity index (χ4n) is 0.330. The number of hydrogen-bond donors (Lipinski definition) is 2. The quantitative estimate of drug-likeness (QED) is 0.555. The molecule has 0 fully saturated rings. The molecule has 0 radical (unpaired) electrons. The molecule has 0 saturated carbocycles. The van der Waals surface area contributed by atoms with Crippen LogP contribution in [0, 0.1) is 5.41 Å². The van der Waals surface area contributed by atoms with Gasteiger partial charge in [-0.15, -0.1) is 5.10 Å². The Balaban J connectivity index is 3.34.